The highest BCUT2D eigenvalue weighted by Gasteiger charge is 2.17. The van der Waals surface area contributed by atoms with Gasteiger partial charge in [0.05, 0.1) is 18.9 Å². The van der Waals surface area contributed by atoms with Crippen LogP contribution in [0.3, 0.4) is 0 Å². The molecule has 0 saturated heterocycles. The first-order chi connectivity index (χ1) is 9.70. The Balaban J connectivity index is 2.24. The van der Waals surface area contributed by atoms with E-state index in [1.807, 2.05) is 37.3 Å². The van der Waals surface area contributed by atoms with Crippen LogP contribution in [0.5, 0.6) is 0 Å². The van der Waals surface area contributed by atoms with Gasteiger partial charge in [-0.25, -0.2) is 4.79 Å². The largest absolute Gasteiger partial charge is 0.465 e. The highest BCUT2D eigenvalue weighted by atomic mass is 16.5. The van der Waals surface area contributed by atoms with Gasteiger partial charge in [0.15, 0.2) is 0 Å². The minimum Gasteiger partial charge on any atom is -0.465 e. The predicted octanol–water partition coefficient (Wildman–Crippen LogP) is 4.19. The van der Waals surface area contributed by atoms with Crippen LogP contribution in [-0.4, -0.2) is 13.1 Å². The Morgan fingerprint density at radius 3 is 2.75 bits per heavy atom. The van der Waals surface area contributed by atoms with E-state index >= 15 is 0 Å². The number of carbonyl (C=O) groups is 1. The van der Waals surface area contributed by atoms with E-state index in [1.54, 1.807) is 12.3 Å². The third kappa shape index (κ3) is 1.97. The summed E-state index contributed by atoms with van der Waals surface area (Å²) in [5, 5.41) is 2.02. The second-order valence-corrected chi connectivity index (χ2v) is 4.69. The number of benzene rings is 2. The van der Waals surface area contributed by atoms with Gasteiger partial charge in [0.25, 0.3) is 0 Å². The lowest BCUT2D eigenvalue weighted by Gasteiger charge is -2.05. The van der Waals surface area contributed by atoms with E-state index in [9.17, 15) is 4.79 Å². The third-order valence-electron chi connectivity index (χ3n) is 3.33. The predicted molar refractivity (Wildman–Crippen MR) is 77.7 cm³/mol. The van der Waals surface area contributed by atoms with E-state index in [2.05, 4.69) is 6.07 Å². The maximum atomic E-state index is 11.9. The molecule has 0 atom stereocenters. The van der Waals surface area contributed by atoms with Crippen LogP contribution in [0, 0.1) is 6.92 Å². The molecule has 0 saturated carbocycles. The molecule has 0 radical (unpaired) electrons. The van der Waals surface area contributed by atoms with E-state index < -0.39 is 0 Å². The first-order valence-corrected chi connectivity index (χ1v) is 6.36. The zero-order chi connectivity index (χ0) is 14.1. The lowest BCUT2D eigenvalue weighted by Crippen LogP contribution is -2.02. The molecule has 0 fully saturated rings. The van der Waals surface area contributed by atoms with E-state index in [0.29, 0.717) is 11.3 Å². The standard InChI is InChI=1S/C17H14O3/c1-11-7-8-13-12(9-11)10-20-16(13)14-5-3-4-6-15(14)17(18)19-2/h3-10H,1-2H3. The molecule has 20 heavy (non-hydrogen) atoms. The second kappa shape index (κ2) is 4.85. The number of hydrogen-bond donors (Lipinski definition) is 0. The van der Waals surface area contributed by atoms with Gasteiger partial charge in [0.1, 0.15) is 5.76 Å². The van der Waals surface area contributed by atoms with E-state index in [4.69, 9.17) is 9.15 Å². The molecule has 3 rings (SSSR count). The zero-order valence-corrected chi connectivity index (χ0v) is 11.3. The van der Waals surface area contributed by atoms with Crippen molar-refractivity contribution in [3.63, 3.8) is 0 Å². The Bertz CT molecular complexity index is 784. The molecule has 0 aliphatic carbocycles. The Labute approximate surface area is 116 Å². The number of furan rings is 1. The number of esters is 1. The molecule has 1 heterocycles. The monoisotopic (exact) mass is 266 g/mol. The topological polar surface area (TPSA) is 39.4 Å². The molecule has 2 aromatic carbocycles. The van der Waals surface area contributed by atoms with Crippen molar-refractivity contribution in [3.05, 3.63) is 59.9 Å². The van der Waals surface area contributed by atoms with Gasteiger partial charge in [0.2, 0.25) is 0 Å². The van der Waals surface area contributed by atoms with E-state index in [-0.39, 0.29) is 5.97 Å². The fourth-order valence-corrected chi connectivity index (χ4v) is 2.35. The number of rotatable bonds is 2. The number of carbonyl (C=O) groups excluding carboxylic acids is 1. The van der Waals surface area contributed by atoms with Crippen LogP contribution >= 0.6 is 0 Å². The third-order valence-corrected chi connectivity index (χ3v) is 3.33. The Morgan fingerprint density at radius 2 is 1.95 bits per heavy atom. The average molecular weight is 266 g/mol. The van der Waals surface area contributed by atoms with Crippen molar-refractivity contribution in [1.29, 1.82) is 0 Å². The molecule has 0 amide bonds. The van der Waals surface area contributed by atoms with Crippen LogP contribution in [0.25, 0.3) is 22.1 Å². The molecular weight excluding hydrogens is 252 g/mol. The average Bonchev–Trinajstić information content (AvgIpc) is 2.89. The number of fused-ring (bicyclic) bond motifs is 1. The molecule has 0 spiro atoms. The maximum absolute atomic E-state index is 11.9. The normalized spacial score (nSPS) is 10.7. The molecule has 0 bridgehead atoms. The number of methoxy groups -OCH3 is 1. The summed E-state index contributed by atoms with van der Waals surface area (Å²) in [6.45, 7) is 2.04. The van der Waals surface area contributed by atoms with Gasteiger partial charge < -0.3 is 9.15 Å². The van der Waals surface area contributed by atoms with Crippen LogP contribution < -0.4 is 0 Å². The van der Waals surface area contributed by atoms with E-state index in [1.165, 1.54) is 12.7 Å². The fraction of sp³-hybridized carbons (Fsp3) is 0.118. The van der Waals surface area contributed by atoms with Crippen molar-refractivity contribution in [2.75, 3.05) is 7.11 Å². The summed E-state index contributed by atoms with van der Waals surface area (Å²) in [6, 6.07) is 13.4. The van der Waals surface area contributed by atoms with Crippen molar-refractivity contribution < 1.29 is 13.9 Å². The highest BCUT2D eigenvalue weighted by molar-refractivity contribution is 6.02. The number of ether oxygens (including phenoxy) is 1. The summed E-state index contributed by atoms with van der Waals surface area (Å²) in [5.74, 6) is 0.332. The quantitative estimate of drug-likeness (QED) is 0.653. The van der Waals surface area contributed by atoms with Crippen LogP contribution in [-0.2, 0) is 4.74 Å². The molecule has 0 aliphatic rings. The number of aryl methyl sites for hydroxylation is 1. The smallest absolute Gasteiger partial charge is 0.338 e. The maximum Gasteiger partial charge on any atom is 0.338 e. The van der Waals surface area contributed by atoms with Gasteiger partial charge in [-0.1, -0.05) is 35.9 Å². The number of hydrogen-bond acceptors (Lipinski definition) is 3. The minimum absolute atomic E-state index is 0.364. The Hall–Kier alpha value is -2.55. The molecule has 1 aromatic heterocycles. The van der Waals surface area contributed by atoms with Gasteiger partial charge in [0, 0.05) is 16.3 Å². The van der Waals surface area contributed by atoms with Gasteiger partial charge >= 0.3 is 5.97 Å². The van der Waals surface area contributed by atoms with Crippen molar-refractivity contribution in [2.24, 2.45) is 0 Å². The summed E-state index contributed by atoms with van der Waals surface area (Å²) in [4.78, 5) is 11.9. The van der Waals surface area contributed by atoms with Crippen molar-refractivity contribution >= 4 is 16.7 Å². The Kier molecular flexibility index (Phi) is 3.03. The lowest BCUT2D eigenvalue weighted by molar-refractivity contribution is 0.0601. The molecule has 100 valence electrons. The molecule has 0 N–H and O–H groups in total. The van der Waals surface area contributed by atoms with Crippen molar-refractivity contribution in [2.45, 2.75) is 6.92 Å². The minimum atomic E-state index is -0.364. The lowest BCUT2D eigenvalue weighted by atomic mass is 10.0. The first kappa shape index (κ1) is 12.5. The van der Waals surface area contributed by atoms with Gasteiger partial charge in [-0.3, -0.25) is 0 Å². The zero-order valence-electron chi connectivity index (χ0n) is 11.3. The van der Waals surface area contributed by atoms with Gasteiger partial charge in [-0.05, 0) is 19.1 Å². The first-order valence-electron chi connectivity index (χ1n) is 6.36. The van der Waals surface area contributed by atoms with Crippen LogP contribution in [0.2, 0.25) is 0 Å². The fourth-order valence-electron chi connectivity index (χ4n) is 2.35. The summed E-state index contributed by atoms with van der Waals surface area (Å²) in [6.07, 6.45) is 1.71. The van der Waals surface area contributed by atoms with Crippen molar-refractivity contribution in [1.82, 2.24) is 0 Å². The highest BCUT2D eigenvalue weighted by Crippen LogP contribution is 2.33. The SMILES string of the molecule is COC(=O)c1ccccc1-c1occ2cc(C)ccc12. The molecular formula is C17H14O3. The van der Waals surface area contributed by atoms with Crippen LogP contribution in [0.15, 0.2) is 53.1 Å². The van der Waals surface area contributed by atoms with Crippen molar-refractivity contribution in [3.8, 4) is 11.3 Å². The molecule has 3 aromatic rings. The van der Waals surface area contributed by atoms with Crippen LogP contribution in [0.4, 0.5) is 0 Å². The molecule has 0 aliphatic heterocycles. The summed E-state index contributed by atoms with van der Waals surface area (Å²) < 4.78 is 10.5. The molecule has 3 nitrogen and oxygen atoms in total. The molecule has 0 unspecified atom stereocenters. The summed E-state index contributed by atoms with van der Waals surface area (Å²) in [7, 11) is 1.38. The molecule has 3 heteroatoms. The Morgan fingerprint density at radius 1 is 1.15 bits per heavy atom. The van der Waals surface area contributed by atoms with Gasteiger partial charge in [-0.2, -0.15) is 0 Å². The van der Waals surface area contributed by atoms with Crippen LogP contribution in [0.1, 0.15) is 15.9 Å². The summed E-state index contributed by atoms with van der Waals surface area (Å²) >= 11 is 0. The van der Waals surface area contributed by atoms with Gasteiger partial charge in [-0.15, -0.1) is 0 Å². The second-order valence-electron chi connectivity index (χ2n) is 4.69. The summed E-state index contributed by atoms with van der Waals surface area (Å²) in [5.41, 5.74) is 2.43. The van der Waals surface area contributed by atoms with E-state index in [0.717, 1.165) is 16.3 Å².